The zero-order valence-electron chi connectivity index (χ0n) is 19.1. The van der Waals surface area contributed by atoms with Gasteiger partial charge in [0.25, 0.3) is 0 Å². The van der Waals surface area contributed by atoms with Crippen LogP contribution in [-0.4, -0.2) is 13.1 Å². The molecular weight excluding hydrogens is 454 g/mol. The van der Waals surface area contributed by atoms with Crippen molar-refractivity contribution in [3.8, 4) is 16.9 Å². The number of methoxy groups -OCH3 is 1. The normalized spacial score (nSPS) is 10.5. The van der Waals surface area contributed by atoms with Crippen LogP contribution in [0.25, 0.3) is 21.2 Å². The molecule has 0 aliphatic carbocycles. The number of hydrogen-bond acceptors (Lipinski definition) is 5. The van der Waals surface area contributed by atoms with Crippen molar-refractivity contribution in [1.82, 2.24) is 0 Å². The molecule has 0 spiro atoms. The number of nitrogens with two attached hydrogens (primary N) is 1. The minimum Gasteiger partial charge on any atom is -0.489 e. The van der Waals surface area contributed by atoms with Gasteiger partial charge in [-0.05, 0) is 52.6 Å². The first-order chi connectivity index (χ1) is 16.1. The third-order valence-corrected chi connectivity index (χ3v) is 6.28. The zero-order chi connectivity index (χ0) is 23.8. The maximum atomic E-state index is 11.7. The molecule has 0 unspecified atom stereocenters. The van der Waals surface area contributed by atoms with E-state index in [1.165, 1.54) is 7.11 Å². The van der Waals surface area contributed by atoms with Gasteiger partial charge in [0.1, 0.15) is 12.4 Å². The predicted molar refractivity (Wildman–Crippen MR) is 138 cm³/mol. The van der Waals surface area contributed by atoms with Crippen LogP contribution in [0, 0.1) is 0 Å². The third kappa shape index (κ3) is 6.14. The minimum atomic E-state index is -0.298. The SMILES string of the molecule is CC.COC(=O)Cc1ccccc1OCc1cc(-c2cccc(CN)c2)c2cc(Cl)sc2c1. The molecule has 172 valence electrons. The van der Waals surface area contributed by atoms with E-state index >= 15 is 0 Å². The number of ether oxygens (including phenoxy) is 2. The van der Waals surface area contributed by atoms with Crippen LogP contribution in [0.4, 0.5) is 0 Å². The van der Waals surface area contributed by atoms with Gasteiger partial charge in [0.05, 0.1) is 17.9 Å². The van der Waals surface area contributed by atoms with Crippen LogP contribution < -0.4 is 10.5 Å². The van der Waals surface area contributed by atoms with Crippen LogP contribution in [0.3, 0.4) is 0 Å². The van der Waals surface area contributed by atoms with Crippen molar-refractivity contribution in [3.63, 3.8) is 0 Å². The van der Waals surface area contributed by atoms with Crippen molar-refractivity contribution in [1.29, 1.82) is 0 Å². The highest BCUT2D eigenvalue weighted by molar-refractivity contribution is 7.22. The molecule has 0 amide bonds. The van der Waals surface area contributed by atoms with Crippen molar-refractivity contribution < 1.29 is 14.3 Å². The second-order valence-electron chi connectivity index (χ2n) is 7.16. The third-order valence-electron chi connectivity index (χ3n) is 5.07. The fourth-order valence-electron chi connectivity index (χ4n) is 3.53. The van der Waals surface area contributed by atoms with E-state index in [2.05, 4.69) is 24.3 Å². The molecule has 4 rings (SSSR count). The van der Waals surface area contributed by atoms with Gasteiger partial charge in [0, 0.05) is 22.2 Å². The molecular formula is C27H28ClNO3S. The second kappa shape index (κ2) is 11.8. The highest BCUT2D eigenvalue weighted by Gasteiger charge is 2.13. The van der Waals surface area contributed by atoms with Gasteiger partial charge < -0.3 is 15.2 Å². The first-order valence-electron chi connectivity index (χ1n) is 10.9. The molecule has 0 saturated heterocycles. The summed E-state index contributed by atoms with van der Waals surface area (Å²) in [7, 11) is 1.38. The molecule has 0 fully saturated rings. The molecule has 33 heavy (non-hydrogen) atoms. The number of halogens is 1. The lowest BCUT2D eigenvalue weighted by atomic mass is 9.98. The molecule has 4 nitrogen and oxygen atoms in total. The quantitative estimate of drug-likeness (QED) is 0.288. The Labute approximate surface area is 203 Å². The van der Waals surface area contributed by atoms with Crippen LogP contribution in [0.15, 0.2) is 66.7 Å². The number of para-hydroxylation sites is 1. The van der Waals surface area contributed by atoms with Gasteiger partial charge in [-0.15, -0.1) is 11.3 Å². The number of carbonyl (C=O) groups is 1. The van der Waals surface area contributed by atoms with E-state index in [9.17, 15) is 4.79 Å². The van der Waals surface area contributed by atoms with Crippen LogP contribution in [0.5, 0.6) is 5.75 Å². The number of carbonyl (C=O) groups excluding carboxylic acids is 1. The van der Waals surface area contributed by atoms with Crippen molar-refractivity contribution in [2.24, 2.45) is 5.73 Å². The average Bonchev–Trinajstić information content (AvgIpc) is 3.24. The summed E-state index contributed by atoms with van der Waals surface area (Å²) in [4.78, 5) is 11.7. The summed E-state index contributed by atoms with van der Waals surface area (Å²) in [6, 6.07) is 22.0. The lowest BCUT2D eigenvalue weighted by molar-refractivity contribution is -0.139. The number of hydrogen-bond donors (Lipinski definition) is 1. The second-order valence-corrected chi connectivity index (χ2v) is 8.87. The molecule has 0 saturated carbocycles. The van der Waals surface area contributed by atoms with E-state index in [-0.39, 0.29) is 12.4 Å². The highest BCUT2D eigenvalue weighted by atomic mass is 35.5. The van der Waals surface area contributed by atoms with Crippen LogP contribution in [-0.2, 0) is 29.1 Å². The average molecular weight is 482 g/mol. The predicted octanol–water partition coefficient (Wildman–Crippen LogP) is 7.00. The largest absolute Gasteiger partial charge is 0.489 e. The van der Waals surface area contributed by atoms with Gasteiger partial charge in [0.2, 0.25) is 0 Å². The summed E-state index contributed by atoms with van der Waals surface area (Å²) in [5.74, 6) is 0.372. The Morgan fingerprint density at radius 2 is 1.79 bits per heavy atom. The van der Waals surface area contributed by atoms with Gasteiger partial charge in [-0.2, -0.15) is 0 Å². The smallest absolute Gasteiger partial charge is 0.310 e. The zero-order valence-corrected chi connectivity index (χ0v) is 20.6. The first kappa shape index (κ1) is 24.8. The molecule has 1 heterocycles. The van der Waals surface area contributed by atoms with Crippen LogP contribution in [0.2, 0.25) is 4.34 Å². The molecule has 6 heteroatoms. The topological polar surface area (TPSA) is 61.5 Å². The molecule has 2 N–H and O–H groups in total. The van der Waals surface area contributed by atoms with E-state index in [1.807, 2.05) is 56.3 Å². The van der Waals surface area contributed by atoms with Crippen molar-refractivity contribution in [3.05, 3.63) is 87.8 Å². The van der Waals surface area contributed by atoms with Crippen LogP contribution in [0.1, 0.15) is 30.5 Å². The van der Waals surface area contributed by atoms with E-state index in [0.717, 1.165) is 42.2 Å². The van der Waals surface area contributed by atoms with Gasteiger partial charge >= 0.3 is 5.97 Å². The molecule has 4 aromatic rings. The van der Waals surface area contributed by atoms with Crippen LogP contribution >= 0.6 is 22.9 Å². The summed E-state index contributed by atoms with van der Waals surface area (Å²) in [6.45, 7) is 4.86. The lowest BCUT2D eigenvalue weighted by Gasteiger charge is -2.13. The van der Waals surface area contributed by atoms with E-state index < -0.39 is 0 Å². The number of benzene rings is 3. The summed E-state index contributed by atoms with van der Waals surface area (Å²) in [5, 5.41) is 1.11. The Bertz CT molecular complexity index is 1240. The van der Waals surface area contributed by atoms with Gasteiger partial charge in [-0.3, -0.25) is 4.79 Å². The highest BCUT2D eigenvalue weighted by Crippen LogP contribution is 2.38. The number of thiophene rings is 1. The Morgan fingerprint density at radius 3 is 2.55 bits per heavy atom. The lowest BCUT2D eigenvalue weighted by Crippen LogP contribution is -2.06. The number of esters is 1. The minimum absolute atomic E-state index is 0.170. The number of fused-ring (bicyclic) bond motifs is 1. The van der Waals surface area contributed by atoms with Gasteiger partial charge in [0.15, 0.2) is 0 Å². The van der Waals surface area contributed by atoms with Crippen molar-refractivity contribution in [2.45, 2.75) is 33.4 Å². The van der Waals surface area contributed by atoms with E-state index in [4.69, 9.17) is 26.8 Å². The van der Waals surface area contributed by atoms with Crippen molar-refractivity contribution in [2.75, 3.05) is 7.11 Å². The molecule has 1 aromatic heterocycles. The molecule has 0 radical (unpaired) electrons. The summed E-state index contributed by atoms with van der Waals surface area (Å²) >= 11 is 7.88. The maximum Gasteiger partial charge on any atom is 0.310 e. The first-order valence-corrected chi connectivity index (χ1v) is 12.1. The fraction of sp³-hybridized carbons (Fsp3) is 0.222. The summed E-state index contributed by atoms with van der Waals surface area (Å²) < 4.78 is 12.7. The molecule has 0 aliphatic heterocycles. The fourth-order valence-corrected chi connectivity index (χ4v) is 4.77. The molecule has 0 bridgehead atoms. The van der Waals surface area contributed by atoms with E-state index in [0.29, 0.717) is 18.9 Å². The Kier molecular flexibility index (Phi) is 8.89. The molecule has 0 atom stereocenters. The van der Waals surface area contributed by atoms with Gasteiger partial charge in [-0.1, -0.05) is 61.8 Å². The van der Waals surface area contributed by atoms with Gasteiger partial charge in [-0.25, -0.2) is 0 Å². The Balaban J connectivity index is 0.00000149. The van der Waals surface area contributed by atoms with E-state index in [1.54, 1.807) is 11.3 Å². The summed E-state index contributed by atoms with van der Waals surface area (Å²) in [5.41, 5.74) is 10.9. The molecule has 0 aliphatic rings. The maximum absolute atomic E-state index is 11.7. The number of rotatable bonds is 7. The summed E-state index contributed by atoms with van der Waals surface area (Å²) in [6.07, 6.45) is 0.170. The monoisotopic (exact) mass is 481 g/mol. The Morgan fingerprint density at radius 1 is 1.00 bits per heavy atom. The Hall–Kier alpha value is -2.86. The standard InChI is InChI=1S/C25H22ClNO3S.C2H6/c1-29-25(28)12-19-6-2-3-8-22(19)30-15-17-10-20(18-7-4-5-16(9-18)14-27)21-13-24(26)31-23(21)11-17;1-2/h2-11,13H,12,14-15,27H2,1H3;1-2H3. The molecule has 3 aromatic carbocycles. The van der Waals surface area contributed by atoms with Crippen molar-refractivity contribution >= 4 is 39.0 Å².